The average molecular weight is 379 g/mol. The zero-order chi connectivity index (χ0) is 19.1. The Morgan fingerprint density at radius 3 is 2.71 bits per heavy atom. The maximum Gasteiger partial charge on any atom is 0.250 e. The summed E-state index contributed by atoms with van der Waals surface area (Å²) >= 11 is 0. The molecule has 0 radical (unpaired) electrons. The topological polar surface area (TPSA) is 75.5 Å². The summed E-state index contributed by atoms with van der Waals surface area (Å²) < 4.78 is 29.2. The number of hydrogen-bond donors (Lipinski definition) is 1. The van der Waals surface area contributed by atoms with Crippen LogP contribution in [0.1, 0.15) is 11.3 Å². The van der Waals surface area contributed by atoms with Crippen molar-refractivity contribution in [2.24, 2.45) is 0 Å². The van der Waals surface area contributed by atoms with Crippen molar-refractivity contribution in [1.29, 1.82) is 0 Å². The van der Waals surface area contributed by atoms with E-state index in [0.29, 0.717) is 31.2 Å². The molecular formula is C19H15F2N7. The van der Waals surface area contributed by atoms with Gasteiger partial charge in [0, 0.05) is 42.4 Å². The Kier molecular flexibility index (Phi) is 3.85. The molecule has 0 spiro atoms. The van der Waals surface area contributed by atoms with Crippen LogP contribution in [0.3, 0.4) is 0 Å². The molecule has 140 valence electrons. The number of halogens is 2. The fourth-order valence-corrected chi connectivity index (χ4v) is 3.49. The minimum Gasteiger partial charge on any atom is -0.335 e. The Morgan fingerprint density at radius 1 is 1.04 bits per heavy atom. The molecule has 0 saturated heterocycles. The highest BCUT2D eigenvalue weighted by Crippen LogP contribution is 2.32. The van der Waals surface area contributed by atoms with Gasteiger partial charge < -0.3 is 4.90 Å². The Hall–Kier alpha value is -3.62. The van der Waals surface area contributed by atoms with Crippen LogP contribution in [-0.2, 0) is 13.0 Å². The molecule has 1 N–H and O–H groups in total. The van der Waals surface area contributed by atoms with E-state index in [1.54, 1.807) is 4.68 Å². The number of hydrogen-bond acceptors (Lipinski definition) is 5. The fraction of sp³-hybridized carbons (Fsp3) is 0.158. The lowest BCUT2D eigenvalue weighted by Gasteiger charge is -2.27. The highest BCUT2D eigenvalue weighted by molar-refractivity contribution is 5.66. The molecular weight excluding hydrogens is 364 g/mol. The number of fused-ring (bicyclic) bond motifs is 1. The van der Waals surface area contributed by atoms with Crippen molar-refractivity contribution in [3.8, 4) is 16.9 Å². The number of rotatable bonds is 3. The molecule has 1 aliphatic rings. The van der Waals surface area contributed by atoms with Gasteiger partial charge in [-0.25, -0.2) is 8.78 Å². The largest absolute Gasteiger partial charge is 0.335 e. The summed E-state index contributed by atoms with van der Waals surface area (Å²) in [6.07, 6.45) is 0.687. The van der Waals surface area contributed by atoms with E-state index < -0.39 is 11.6 Å². The first-order chi connectivity index (χ1) is 13.7. The van der Waals surface area contributed by atoms with Gasteiger partial charge >= 0.3 is 0 Å². The molecule has 0 saturated carbocycles. The van der Waals surface area contributed by atoms with Gasteiger partial charge in [-0.3, -0.25) is 5.10 Å². The normalized spacial score (nSPS) is 13.6. The molecule has 2 aromatic carbocycles. The molecule has 9 heteroatoms. The molecule has 2 aromatic heterocycles. The molecule has 4 aromatic rings. The van der Waals surface area contributed by atoms with Crippen LogP contribution < -0.4 is 4.90 Å². The van der Waals surface area contributed by atoms with Gasteiger partial charge in [0.05, 0.1) is 5.69 Å². The standard InChI is InChI=1S/C19H15F2N7/c20-12-6-7-14(16(21)10-12)18-15-11-27(9-8-17(15)22-23-18)19-24-25-26-28(19)13-4-2-1-3-5-13/h1-7,10H,8-9,11H2,(H,22,23). The zero-order valence-corrected chi connectivity index (χ0v) is 14.7. The van der Waals surface area contributed by atoms with Gasteiger partial charge in [-0.05, 0) is 34.7 Å². The molecule has 5 rings (SSSR count). The van der Waals surface area contributed by atoms with Crippen LogP contribution in [0.25, 0.3) is 16.9 Å². The lowest BCUT2D eigenvalue weighted by atomic mass is 10.0. The number of anilines is 1. The second kappa shape index (κ2) is 6.52. The van der Waals surface area contributed by atoms with E-state index in [-0.39, 0.29) is 5.56 Å². The Morgan fingerprint density at radius 2 is 1.89 bits per heavy atom. The van der Waals surface area contributed by atoms with Crippen molar-refractivity contribution < 1.29 is 8.78 Å². The first-order valence-corrected chi connectivity index (χ1v) is 8.81. The summed E-state index contributed by atoms with van der Waals surface area (Å²) in [4.78, 5) is 2.02. The van der Waals surface area contributed by atoms with E-state index in [9.17, 15) is 8.78 Å². The molecule has 0 fully saturated rings. The van der Waals surface area contributed by atoms with Gasteiger partial charge in [-0.15, -0.1) is 0 Å². The highest BCUT2D eigenvalue weighted by Gasteiger charge is 2.27. The SMILES string of the molecule is Fc1ccc(-c2n[nH]c3c2CN(c2nnnn2-c2ccccc2)CC3)c(F)c1. The van der Waals surface area contributed by atoms with E-state index >= 15 is 0 Å². The fourth-order valence-electron chi connectivity index (χ4n) is 3.49. The van der Waals surface area contributed by atoms with Crippen molar-refractivity contribution in [2.45, 2.75) is 13.0 Å². The maximum atomic E-state index is 14.3. The summed E-state index contributed by atoms with van der Waals surface area (Å²) in [5.74, 6) is -0.654. The molecule has 0 aliphatic carbocycles. The zero-order valence-electron chi connectivity index (χ0n) is 14.7. The monoisotopic (exact) mass is 379 g/mol. The summed E-state index contributed by atoms with van der Waals surface area (Å²) in [5.41, 5.74) is 3.40. The molecule has 0 bridgehead atoms. The van der Waals surface area contributed by atoms with Crippen LogP contribution in [0, 0.1) is 11.6 Å². The molecule has 28 heavy (non-hydrogen) atoms. The van der Waals surface area contributed by atoms with Crippen molar-refractivity contribution in [2.75, 3.05) is 11.4 Å². The van der Waals surface area contributed by atoms with Crippen LogP contribution >= 0.6 is 0 Å². The smallest absolute Gasteiger partial charge is 0.250 e. The average Bonchev–Trinajstić information content (AvgIpc) is 3.35. The number of aromatic amines is 1. The van der Waals surface area contributed by atoms with Crippen LogP contribution in [0.4, 0.5) is 14.7 Å². The summed E-state index contributed by atoms with van der Waals surface area (Å²) in [5, 5.41) is 19.4. The lowest BCUT2D eigenvalue weighted by molar-refractivity contribution is 0.585. The summed E-state index contributed by atoms with van der Waals surface area (Å²) in [6, 6.07) is 13.1. The van der Waals surface area contributed by atoms with E-state index in [0.717, 1.165) is 23.0 Å². The third-order valence-electron chi connectivity index (χ3n) is 4.86. The molecule has 3 heterocycles. The van der Waals surface area contributed by atoms with Gasteiger partial charge in [0.2, 0.25) is 0 Å². The predicted molar refractivity (Wildman–Crippen MR) is 97.8 cm³/mol. The summed E-state index contributed by atoms with van der Waals surface area (Å²) in [7, 11) is 0. The Labute approximate surface area is 158 Å². The Bertz CT molecular complexity index is 1140. The third-order valence-corrected chi connectivity index (χ3v) is 4.86. The van der Waals surface area contributed by atoms with Crippen LogP contribution in [0.15, 0.2) is 48.5 Å². The van der Waals surface area contributed by atoms with E-state index in [2.05, 4.69) is 25.7 Å². The van der Waals surface area contributed by atoms with Crippen molar-refractivity contribution in [3.63, 3.8) is 0 Å². The highest BCUT2D eigenvalue weighted by atomic mass is 19.1. The summed E-state index contributed by atoms with van der Waals surface area (Å²) in [6.45, 7) is 1.15. The minimum atomic E-state index is -0.638. The van der Waals surface area contributed by atoms with Crippen LogP contribution in [-0.4, -0.2) is 36.9 Å². The number of tetrazole rings is 1. The number of aromatic nitrogens is 6. The van der Waals surface area contributed by atoms with E-state index in [1.807, 2.05) is 35.2 Å². The van der Waals surface area contributed by atoms with Gasteiger partial charge in [-0.1, -0.05) is 23.3 Å². The number of nitrogens with zero attached hydrogens (tertiary/aromatic N) is 6. The lowest BCUT2D eigenvalue weighted by Crippen LogP contribution is -2.32. The maximum absolute atomic E-state index is 14.3. The molecule has 7 nitrogen and oxygen atoms in total. The van der Waals surface area contributed by atoms with E-state index in [4.69, 9.17) is 0 Å². The third kappa shape index (κ3) is 2.72. The van der Waals surface area contributed by atoms with Gasteiger partial charge in [0.15, 0.2) is 0 Å². The van der Waals surface area contributed by atoms with Crippen LogP contribution in [0.2, 0.25) is 0 Å². The molecule has 0 unspecified atom stereocenters. The molecule has 1 aliphatic heterocycles. The number of para-hydroxylation sites is 1. The van der Waals surface area contributed by atoms with Gasteiger partial charge in [0.25, 0.3) is 5.95 Å². The number of H-pyrrole nitrogens is 1. The second-order valence-electron chi connectivity index (χ2n) is 6.55. The first-order valence-electron chi connectivity index (χ1n) is 8.81. The van der Waals surface area contributed by atoms with Crippen molar-refractivity contribution >= 4 is 5.95 Å². The van der Waals surface area contributed by atoms with Gasteiger partial charge in [-0.2, -0.15) is 9.78 Å². The number of benzene rings is 2. The molecule has 0 atom stereocenters. The van der Waals surface area contributed by atoms with Crippen LogP contribution in [0.5, 0.6) is 0 Å². The Balaban J connectivity index is 1.52. The predicted octanol–water partition coefficient (Wildman–Crippen LogP) is 2.89. The van der Waals surface area contributed by atoms with Crippen molar-refractivity contribution in [3.05, 3.63) is 71.4 Å². The number of nitrogens with one attached hydrogen (secondary N) is 1. The molecule has 0 amide bonds. The quantitative estimate of drug-likeness (QED) is 0.592. The van der Waals surface area contributed by atoms with E-state index in [1.165, 1.54) is 12.1 Å². The van der Waals surface area contributed by atoms with Crippen molar-refractivity contribution in [1.82, 2.24) is 30.4 Å². The van der Waals surface area contributed by atoms with Gasteiger partial charge in [0.1, 0.15) is 17.3 Å². The minimum absolute atomic E-state index is 0.267. The second-order valence-corrected chi connectivity index (χ2v) is 6.55. The first kappa shape index (κ1) is 16.5.